The Balaban J connectivity index is 2.60. The minimum Gasteiger partial charge on any atom is -0.221 e. The van der Waals surface area contributed by atoms with Crippen LogP contribution in [-0.2, 0) is 0 Å². The van der Waals surface area contributed by atoms with Crippen molar-refractivity contribution < 1.29 is 0 Å². The Kier molecular flexibility index (Phi) is 3.59. The molecule has 18 heavy (non-hydrogen) atoms. The lowest BCUT2D eigenvalue weighted by Crippen LogP contribution is -2.07. The van der Waals surface area contributed by atoms with E-state index in [9.17, 15) is 0 Å². The molecule has 0 atom stereocenters. The van der Waals surface area contributed by atoms with E-state index in [0.29, 0.717) is 21.8 Å². The summed E-state index contributed by atoms with van der Waals surface area (Å²) in [5.74, 6) is 1.54. The van der Waals surface area contributed by atoms with Gasteiger partial charge in [-0.1, -0.05) is 37.0 Å². The van der Waals surface area contributed by atoms with Crippen molar-refractivity contribution in [1.82, 2.24) is 19.7 Å². The van der Waals surface area contributed by atoms with E-state index in [4.69, 9.17) is 23.2 Å². The molecule has 0 radical (unpaired) electrons. The second-order valence-corrected chi connectivity index (χ2v) is 5.22. The maximum atomic E-state index is 6.13. The van der Waals surface area contributed by atoms with E-state index in [1.807, 2.05) is 27.7 Å². The summed E-state index contributed by atoms with van der Waals surface area (Å²) in [6.07, 6.45) is 0. The normalized spacial score (nSPS) is 11.3. The molecule has 0 bridgehead atoms. The van der Waals surface area contributed by atoms with Crippen LogP contribution in [0.2, 0.25) is 10.2 Å². The van der Waals surface area contributed by atoms with Crippen LogP contribution in [0.25, 0.3) is 5.82 Å². The first-order valence-electron chi connectivity index (χ1n) is 5.66. The van der Waals surface area contributed by atoms with Crippen molar-refractivity contribution in [3.05, 3.63) is 33.5 Å². The monoisotopic (exact) mass is 284 g/mol. The quantitative estimate of drug-likeness (QED) is 0.790. The highest BCUT2D eigenvalue weighted by atomic mass is 35.5. The molecule has 6 heteroatoms. The molecule has 0 aliphatic rings. The average Bonchev–Trinajstić information content (AvgIpc) is 2.56. The van der Waals surface area contributed by atoms with Crippen molar-refractivity contribution in [2.45, 2.75) is 33.6 Å². The summed E-state index contributed by atoms with van der Waals surface area (Å²) < 4.78 is 1.69. The second-order valence-electron chi connectivity index (χ2n) is 4.46. The van der Waals surface area contributed by atoms with Gasteiger partial charge in [-0.3, -0.25) is 0 Å². The highest BCUT2D eigenvalue weighted by Gasteiger charge is 2.14. The number of rotatable bonds is 2. The van der Waals surface area contributed by atoms with Crippen molar-refractivity contribution in [1.29, 1.82) is 0 Å². The smallest absolute Gasteiger partial charge is 0.158 e. The van der Waals surface area contributed by atoms with Gasteiger partial charge in [-0.25, -0.2) is 14.6 Å². The number of hydrogen-bond donors (Lipinski definition) is 0. The molecule has 96 valence electrons. The van der Waals surface area contributed by atoms with E-state index in [0.717, 1.165) is 11.4 Å². The average molecular weight is 285 g/mol. The third kappa shape index (κ3) is 2.35. The van der Waals surface area contributed by atoms with Crippen LogP contribution in [0.3, 0.4) is 0 Å². The standard InChI is InChI=1S/C12H14Cl2N4/c1-6(2)12-15-9(13)5-10(16-12)18-8(4)11(14)7(3)17-18/h5-6H,1-4H3. The molecule has 0 amide bonds. The molecule has 0 unspecified atom stereocenters. The van der Waals surface area contributed by atoms with Gasteiger partial charge < -0.3 is 0 Å². The summed E-state index contributed by atoms with van der Waals surface area (Å²) >= 11 is 12.1. The van der Waals surface area contributed by atoms with Crippen molar-refractivity contribution >= 4 is 23.2 Å². The Morgan fingerprint density at radius 2 is 1.83 bits per heavy atom. The van der Waals surface area contributed by atoms with Crippen LogP contribution >= 0.6 is 23.2 Å². The van der Waals surface area contributed by atoms with E-state index in [1.165, 1.54) is 0 Å². The number of aromatic nitrogens is 4. The van der Waals surface area contributed by atoms with Crippen LogP contribution in [0.4, 0.5) is 0 Å². The molecular formula is C12H14Cl2N4. The zero-order chi connectivity index (χ0) is 13.4. The Hall–Kier alpha value is -1.13. The molecule has 4 nitrogen and oxygen atoms in total. The van der Waals surface area contributed by atoms with Crippen LogP contribution in [0.15, 0.2) is 6.07 Å². The van der Waals surface area contributed by atoms with Crippen LogP contribution in [-0.4, -0.2) is 19.7 Å². The van der Waals surface area contributed by atoms with Gasteiger partial charge in [0.2, 0.25) is 0 Å². The highest BCUT2D eigenvalue weighted by Crippen LogP contribution is 2.23. The zero-order valence-corrected chi connectivity index (χ0v) is 12.2. The lowest BCUT2D eigenvalue weighted by Gasteiger charge is -2.08. The van der Waals surface area contributed by atoms with E-state index in [2.05, 4.69) is 15.1 Å². The molecule has 2 heterocycles. The zero-order valence-electron chi connectivity index (χ0n) is 10.7. The fourth-order valence-electron chi connectivity index (χ4n) is 1.64. The summed E-state index contributed by atoms with van der Waals surface area (Å²) in [5, 5.41) is 5.42. The maximum absolute atomic E-state index is 6.13. The lowest BCUT2D eigenvalue weighted by atomic mass is 10.2. The van der Waals surface area contributed by atoms with Crippen molar-refractivity contribution in [2.24, 2.45) is 0 Å². The topological polar surface area (TPSA) is 43.6 Å². The van der Waals surface area contributed by atoms with Gasteiger partial charge in [-0.2, -0.15) is 5.10 Å². The molecule has 0 fully saturated rings. The van der Waals surface area contributed by atoms with E-state index >= 15 is 0 Å². The fourth-order valence-corrected chi connectivity index (χ4v) is 1.94. The van der Waals surface area contributed by atoms with Crippen LogP contribution < -0.4 is 0 Å². The second kappa shape index (κ2) is 4.86. The van der Waals surface area contributed by atoms with Gasteiger partial charge in [0.15, 0.2) is 5.82 Å². The SMILES string of the molecule is Cc1nn(-c2cc(Cl)nc(C(C)C)n2)c(C)c1Cl. The van der Waals surface area contributed by atoms with Crippen LogP contribution in [0.1, 0.15) is 37.0 Å². The molecule has 0 aliphatic carbocycles. The van der Waals surface area contributed by atoms with E-state index < -0.39 is 0 Å². The molecule has 0 N–H and O–H groups in total. The molecule has 2 rings (SSSR count). The maximum Gasteiger partial charge on any atom is 0.158 e. The van der Waals surface area contributed by atoms with Gasteiger partial charge >= 0.3 is 0 Å². The first-order valence-corrected chi connectivity index (χ1v) is 6.42. The first-order chi connectivity index (χ1) is 8.40. The molecule has 2 aromatic rings. The molecule has 0 saturated carbocycles. The van der Waals surface area contributed by atoms with Crippen molar-refractivity contribution in [3.63, 3.8) is 0 Å². The first kappa shape index (κ1) is 13.3. The summed E-state index contributed by atoms with van der Waals surface area (Å²) in [6.45, 7) is 7.79. The van der Waals surface area contributed by atoms with Gasteiger partial charge in [0.1, 0.15) is 11.0 Å². The predicted octanol–water partition coefficient (Wildman–Crippen LogP) is 3.71. The van der Waals surface area contributed by atoms with E-state index in [-0.39, 0.29) is 5.92 Å². The van der Waals surface area contributed by atoms with Gasteiger partial charge in [0, 0.05) is 12.0 Å². The largest absolute Gasteiger partial charge is 0.221 e. The van der Waals surface area contributed by atoms with Crippen molar-refractivity contribution in [2.75, 3.05) is 0 Å². The van der Waals surface area contributed by atoms with Gasteiger partial charge in [-0.05, 0) is 13.8 Å². The third-order valence-corrected chi connectivity index (χ3v) is 3.38. The summed E-state index contributed by atoms with van der Waals surface area (Å²) in [6, 6.07) is 1.68. The number of hydrogen-bond acceptors (Lipinski definition) is 3. The lowest BCUT2D eigenvalue weighted by molar-refractivity contribution is 0.735. The molecule has 2 aromatic heterocycles. The molecule has 0 aliphatic heterocycles. The Bertz CT molecular complexity index is 590. The Morgan fingerprint density at radius 1 is 1.17 bits per heavy atom. The minimum absolute atomic E-state index is 0.204. The predicted molar refractivity (Wildman–Crippen MR) is 72.7 cm³/mol. The molecule has 0 saturated heterocycles. The minimum atomic E-state index is 0.204. The summed E-state index contributed by atoms with van der Waals surface area (Å²) in [7, 11) is 0. The number of halogens is 2. The van der Waals surface area contributed by atoms with Crippen LogP contribution in [0, 0.1) is 13.8 Å². The molecule has 0 aromatic carbocycles. The van der Waals surface area contributed by atoms with Gasteiger partial charge in [0.05, 0.1) is 16.4 Å². The number of aryl methyl sites for hydroxylation is 1. The fraction of sp³-hybridized carbons (Fsp3) is 0.417. The van der Waals surface area contributed by atoms with Gasteiger partial charge in [-0.15, -0.1) is 0 Å². The van der Waals surface area contributed by atoms with Crippen LogP contribution in [0.5, 0.6) is 0 Å². The van der Waals surface area contributed by atoms with E-state index in [1.54, 1.807) is 10.7 Å². The highest BCUT2D eigenvalue weighted by molar-refractivity contribution is 6.31. The van der Waals surface area contributed by atoms with Gasteiger partial charge in [0.25, 0.3) is 0 Å². The molecular weight excluding hydrogens is 271 g/mol. The van der Waals surface area contributed by atoms with Crippen molar-refractivity contribution in [3.8, 4) is 5.82 Å². The molecule has 0 spiro atoms. The Labute approximate surface area is 116 Å². The summed E-state index contributed by atoms with van der Waals surface area (Å²) in [5.41, 5.74) is 1.62. The Morgan fingerprint density at radius 3 is 2.33 bits per heavy atom. The number of nitrogens with zero attached hydrogens (tertiary/aromatic N) is 4. The summed E-state index contributed by atoms with van der Waals surface area (Å²) in [4.78, 5) is 8.66. The third-order valence-electron chi connectivity index (χ3n) is 2.64.